The summed E-state index contributed by atoms with van der Waals surface area (Å²) in [7, 11) is 0. The van der Waals surface area contributed by atoms with Crippen LogP contribution in [0.25, 0.3) is 0 Å². The Morgan fingerprint density at radius 3 is 2.83 bits per heavy atom. The first-order chi connectivity index (χ1) is 10.9. The lowest BCUT2D eigenvalue weighted by atomic mass is 9.81. The number of carbonyl (C=O) groups is 1. The minimum Gasteiger partial charge on any atom is -0.468 e. The highest BCUT2D eigenvalue weighted by Crippen LogP contribution is 2.26. The lowest BCUT2D eigenvalue weighted by Gasteiger charge is -2.34. The molecule has 128 valence electrons. The number of rotatable bonds is 6. The molecular formula is C14H18F3N3O3. The van der Waals surface area contributed by atoms with Crippen molar-refractivity contribution in [2.75, 3.05) is 13.2 Å². The molecular weight excluding hydrogens is 315 g/mol. The van der Waals surface area contributed by atoms with Crippen LogP contribution < -0.4 is 15.4 Å². The van der Waals surface area contributed by atoms with Crippen molar-refractivity contribution >= 4 is 6.03 Å². The number of carbonyl (C=O) groups excluding carboxylic acids is 1. The summed E-state index contributed by atoms with van der Waals surface area (Å²) in [4.78, 5) is 15.4. The molecule has 0 bridgehead atoms. The minimum atomic E-state index is -4.43. The van der Waals surface area contributed by atoms with Crippen molar-refractivity contribution in [2.45, 2.75) is 31.6 Å². The van der Waals surface area contributed by atoms with E-state index in [1.807, 2.05) is 0 Å². The van der Waals surface area contributed by atoms with Gasteiger partial charge in [0.2, 0.25) is 5.88 Å². The zero-order valence-corrected chi connectivity index (χ0v) is 12.3. The highest BCUT2D eigenvalue weighted by Gasteiger charge is 2.29. The zero-order valence-electron chi connectivity index (χ0n) is 12.3. The number of ether oxygens (including phenoxy) is 1. The van der Waals surface area contributed by atoms with Crippen molar-refractivity contribution in [3.63, 3.8) is 0 Å². The first-order valence-electron chi connectivity index (χ1n) is 7.15. The van der Waals surface area contributed by atoms with Gasteiger partial charge in [0.15, 0.2) is 6.61 Å². The molecule has 6 nitrogen and oxygen atoms in total. The fourth-order valence-corrected chi connectivity index (χ4v) is 2.22. The number of hydrogen-bond donors (Lipinski definition) is 3. The number of halogens is 3. The molecule has 0 aliphatic heterocycles. The second-order valence-corrected chi connectivity index (χ2v) is 5.45. The lowest BCUT2D eigenvalue weighted by molar-refractivity contribution is -0.154. The first-order valence-corrected chi connectivity index (χ1v) is 7.15. The molecule has 0 spiro atoms. The SMILES string of the molecule is O=C(NCc1ccnc(OCC(F)(F)F)c1)NC1CC(CO)C1. The van der Waals surface area contributed by atoms with Crippen molar-refractivity contribution in [1.29, 1.82) is 0 Å². The normalized spacial score (nSPS) is 20.5. The molecule has 1 aromatic heterocycles. The van der Waals surface area contributed by atoms with Crippen LogP contribution in [0.3, 0.4) is 0 Å². The Morgan fingerprint density at radius 1 is 1.43 bits per heavy atom. The van der Waals surface area contributed by atoms with Crippen molar-refractivity contribution in [3.05, 3.63) is 23.9 Å². The highest BCUT2D eigenvalue weighted by atomic mass is 19.4. The average Bonchev–Trinajstić information content (AvgIpc) is 2.46. The summed E-state index contributed by atoms with van der Waals surface area (Å²) in [6.45, 7) is -1.14. The number of hydrogen-bond acceptors (Lipinski definition) is 4. The number of nitrogens with zero attached hydrogens (tertiary/aromatic N) is 1. The van der Waals surface area contributed by atoms with Gasteiger partial charge >= 0.3 is 12.2 Å². The van der Waals surface area contributed by atoms with E-state index in [9.17, 15) is 18.0 Å². The molecule has 0 saturated heterocycles. The molecule has 3 N–H and O–H groups in total. The van der Waals surface area contributed by atoms with Crippen molar-refractivity contribution < 1.29 is 27.8 Å². The molecule has 2 amide bonds. The van der Waals surface area contributed by atoms with Gasteiger partial charge in [-0.2, -0.15) is 13.2 Å². The molecule has 1 fully saturated rings. The van der Waals surface area contributed by atoms with E-state index in [0.29, 0.717) is 5.56 Å². The molecule has 1 saturated carbocycles. The van der Waals surface area contributed by atoms with Crippen LogP contribution in [0.5, 0.6) is 5.88 Å². The average molecular weight is 333 g/mol. The summed E-state index contributed by atoms with van der Waals surface area (Å²) in [5.41, 5.74) is 0.578. The van der Waals surface area contributed by atoms with Gasteiger partial charge in [-0.05, 0) is 30.4 Å². The van der Waals surface area contributed by atoms with Gasteiger partial charge < -0.3 is 20.5 Å². The van der Waals surface area contributed by atoms with Crippen LogP contribution in [0, 0.1) is 5.92 Å². The van der Waals surface area contributed by atoms with Crippen LogP contribution in [0.4, 0.5) is 18.0 Å². The third-order valence-corrected chi connectivity index (χ3v) is 3.47. The zero-order chi connectivity index (χ0) is 16.9. The number of aliphatic hydroxyl groups excluding tert-OH is 1. The summed E-state index contributed by atoms with van der Waals surface area (Å²) in [6.07, 6.45) is -1.62. The van der Waals surface area contributed by atoms with E-state index < -0.39 is 12.8 Å². The van der Waals surface area contributed by atoms with Crippen molar-refractivity contribution in [2.24, 2.45) is 5.92 Å². The van der Waals surface area contributed by atoms with E-state index >= 15 is 0 Å². The molecule has 0 unspecified atom stereocenters. The molecule has 0 aromatic carbocycles. The standard InChI is InChI=1S/C14H18F3N3O3/c15-14(16,17)8-23-12-5-9(1-2-18-12)6-19-13(22)20-11-3-10(4-11)7-21/h1-2,5,10-11,21H,3-4,6-8H2,(H2,19,20,22). The first kappa shape index (κ1) is 17.3. The van der Waals surface area contributed by atoms with Gasteiger partial charge in [0.25, 0.3) is 0 Å². The van der Waals surface area contributed by atoms with Gasteiger partial charge in [-0.15, -0.1) is 0 Å². The van der Waals surface area contributed by atoms with Crippen LogP contribution in [0.1, 0.15) is 18.4 Å². The number of urea groups is 1. The fraction of sp³-hybridized carbons (Fsp3) is 0.571. The quantitative estimate of drug-likeness (QED) is 0.738. The van der Waals surface area contributed by atoms with Crippen molar-refractivity contribution in [1.82, 2.24) is 15.6 Å². The van der Waals surface area contributed by atoms with Crippen LogP contribution in [-0.2, 0) is 6.54 Å². The number of aliphatic hydroxyl groups is 1. The minimum absolute atomic E-state index is 0.0512. The third kappa shape index (κ3) is 5.93. The second-order valence-electron chi connectivity index (χ2n) is 5.45. The van der Waals surface area contributed by atoms with Gasteiger partial charge in [-0.3, -0.25) is 0 Å². The van der Waals surface area contributed by atoms with Crippen LogP contribution in [-0.4, -0.2) is 41.6 Å². The molecule has 1 aliphatic rings. The topological polar surface area (TPSA) is 83.5 Å². The number of nitrogens with one attached hydrogen (secondary N) is 2. The van der Waals surface area contributed by atoms with Crippen LogP contribution >= 0.6 is 0 Å². The summed E-state index contributed by atoms with van der Waals surface area (Å²) in [5, 5.41) is 14.3. The summed E-state index contributed by atoms with van der Waals surface area (Å²) in [5.74, 6) is 0.0978. The summed E-state index contributed by atoms with van der Waals surface area (Å²) in [6, 6.07) is 2.61. The lowest BCUT2D eigenvalue weighted by Crippen LogP contribution is -2.48. The number of amides is 2. The Balaban J connectivity index is 1.74. The van der Waals surface area contributed by atoms with Gasteiger partial charge in [0, 0.05) is 31.5 Å². The Hall–Kier alpha value is -2.03. The van der Waals surface area contributed by atoms with E-state index in [1.165, 1.54) is 12.3 Å². The van der Waals surface area contributed by atoms with Gasteiger partial charge in [-0.1, -0.05) is 0 Å². The van der Waals surface area contributed by atoms with Crippen LogP contribution in [0.2, 0.25) is 0 Å². The van der Waals surface area contributed by atoms with E-state index in [2.05, 4.69) is 20.4 Å². The van der Waals surface area contributed by atoms with Gasteiger partial charge in [-0.25, -0.2) is 9.78 Å². The predicted octanol–water partition coefficient (Wildman–Crippen LogP) is 1.59. The summed E-state index contributed by atoms with van der Waals surface area (Å²) < 4.78 is 40.8. The smallest absolute Gasteiger partial charge is 0.422 e. The van der Waals surface area contributed by atoms with E-state index in [-0.39, 0.29) is 37.0 Å². The highest BCUT2D eigenvalue weighted by molar-refractivity contribution is 5.74. The molecule has 1 aromatic rings. The van der Waals surface area contributed by atoms with Gasteiger partial charge in [0.1, 0.15) is 0 Å². The molecule has 0 atom stereocenters. The van der Waals surface area contributed by atoms with Gasteiger partial charge in [0.05, 0.1) is 0 Å². The maximum atomic E-state index is 12.1. The second kappa shape index (κ2) is 7.49. The maximum absolute atomic E-state index is 12.1. The maximum Gasteiger partial charge on any atom is 0.422 e. The number of alkyl halides is 3. The fourth-order valence-electron chi connectivity index (χ4n) is 2.22. The number of aromatic nitrogens is 1. The molecule has 1 heterocycles. The molecule has 0 radical (unpaired) electrons. The van der Waals surface area contributed by atoms with E-state index in [0.717, 1.165) is 12.8 Å². The monoisotopic (exact) mass is 333 g/mol. The molecule has 2 rings (SSSR count). The molecule has 9 heteroatoms. The third-order valence-electron chi connectivity index (χ3n) is 3.47. The predicted molar refractivity (Wildman–Crippen MR) is 74.8 cm³/mol. The van der Waals surface area contributed by atoms with Crippen LogP contribution in [0.15, 0.2) is 18.3 Å². The Morgan fingerprint density at radius 2 is 2.17 bits per heavy atom. The van der Waals surface area contributed by atoms with E-state index in [4.69, 9.17) is 5.11 Å². The summed E-state index contributed by atoms with van der Waals surface area (Å²) >= 11 is 0. The molecule has 1 aliphatic carbocycles. The largest absolute Gasteiger partial charge is 0.468 e. The van der Waals surface area contributed by atoms with Crippen molar-refractivity contribution in [3.8, 4) is 5.88 Å². The Labute approximate surface area is 131 Å². The Kier molecular flexibility index (Phi) is 5.64. The molecule has 23 heavy (non-hydrogen) atoms. The number of pyridine rings is 1. The Bertz CT molecular complexity index is 533. The van der Waals surface area contributed by atoms with E-state index in [1.54, 1.807) is 6.07 Å².